The van der Waals surface area contributed by atoms with Gasteiger partial charge >= 0.3 is 0 Å². The molecule has 1 aliphatic carbocycles. The van der Waals surface area contributed by atoms with E-state index in [4.69, 9.17) is 0 Å². The second kappa shape index (κ2) is 4.19. The molecule has 1 spiro atoms. The largest absolute Gasteiger partial charge is 0.296 e. The van der Waals surface area contributed by atoms with Gasteiger partial charge in [-0.25, -0.2) is 0 Å². The topological polar surface area (TPSA) is 46.2 Å². The minimum atomic E-state index is -0.0638. The van der Waals surface area contributed by atoms with Gasteiger partial charge in [-0.1, -0.05) is 33.1 Å². The number of piperidine rings is 1. The third kappa shape index (κ3) is 1.66. The smallest absolute Gasteiger partial charge is 0.230 e. The predicted octanol–water partition coefficient (Wildman–Crippen LogP) is 2.26. The average molecular weight is 223 g/mol. The van der Waals surface area contributed by atoms with Crippen LogP contribution >= 0.6 is 0 Å². The summed E-state index contributed by atoms with van der Waals surface area (Å²) in [5, 5.41) is 2.51. The maximum absolute atomic E-state index is 12.0. The van der Waals surface area contributed by atoms with Crippen LogP contribution in [-0.4, -0.2) is 11.8 Å². The number of carbonyl (C=O) groups is 2. The Bertz CT molecular complexity index is 313. The first-order valence-corrected chi connectivity index (χ1v) is 6.44. The van der Waals surface area contributed by atoms with Crippen LogP contribution < -0.4 is 5.32 Å². The Morgan fingerprint density at radius 2 is 2.19 bits per heavy atom. The quantitative estimate of drug-likeness (QED) is 0.730. The number of imide groups is 1. The number of rotatable bonds is 2. The molecule has 0 aromatic carbocycles. The lowest BCUT2D eigenvalue weighted by Crippen LogP contribution is -2.53. The molecule has 2 rings (SSSR count). The van der Waals surface area contributed by atoms with Crippen LogP contribution in [0.25, 0.3) is 0 Å². The summed E-state index contributed by atoms with van der Waals surface area (Å²) >= 11 is 0. The van der Waals surface area contributed by atoms with Crippen LogP contribution in [0.1, 0.15) is 52.4 Å². The average Bonchev–Trinajstić information content (AvgIpc) is 2.55. The van der Waals surface area contributed by atoms with Crippen LogP contribution in [0.4, 0.5) is 0 Å². The van der Waals surface area contributed by atoms with Gasteiger partial charge in [0.15, 0.2) is 0 Å². The minimum Gasteiger partial charge on any atom is -0.296 e. The highest BCUT2D eigenvalue weighted by Gasteiger charge is 2.52. The van der Waals surface area contributed by atoms with E-state index in [2.05, 4.69) is 19.2 Å². The Balaban J connectivity index is 2.30. The van der Waals surface area contributed by atoms with Gasteiger partial charge in [0.1, 0.15) is 0 Å². The molecule has 3 atom stereocenters. The molecule has 3 unspecified atom stereocenters. The molecule has 2 fully saturated rings. The summed E-state index contributed by atoms with van der Waals surface area (Å²) in [6.07, 6.45) is 5.88. The molecule has 1 N–H and O–H groups in total. The molecule has 2 aliphatic rings. The van der Waals surface area contributed by atoms with Crippen LogP contribution in [0.3, 0.4) is 0 Å². The summed E-state index contributed by atoms with van der Waals surface area (Å²) in [5.74, 6) is 0.490. The van der Waals surface area contributed by atoms with E-state index in [1.165, 1.54) is 12.8 Å². The van der Waals surface area contributed by atoms with Gasteiger partial charge in [0.25, 0.3) is 0 Å². The number of nitrogens with one attached hydrogen (secondary N) is 1. The molecule has 3 nitrogen and oxygen atoms in total. The first-order valence-electron chi connectivity index (χ1n) is 6.44. The maximum Gasteiger partial charge on any atom is 0.230 e. The van der Waals surface area contributed by atoms with Gasteiger partial charge in [-0.15, -0.1) is 0 Å². The highest BCUT2D eigenvalue weighted by atomic mass is 16.2. The molecule has 1 heterocycles. The van der Waals surface area contributed by atoms with Crippen molar-refractivity contribution in [3.05, 3.63) is 0 Å². The molecular weight excluding hydrogens is 202 g/mol. The van der Waals surface area contributed by atoms with Crippen molar-refractivity contribution in [2.45, 2.75) is 52.4 Å². The minimum absolute atomic E-state index is 0.0184. The highest BCUT2D eigenvalue weighted by Crippen LogP contribution is 2.53. The Morgan fingerprint density at radius 3 is 2.75 bits per heavy atom. The van der Waals surface area contributed by atoms with Crippen molar-refractivity contribution in [2.24, 2.45) is 17.3 Å². The second-order valence-corrected chi connectivity index (χ2v) is 5.46. The predicted molar refractivity (Wildman–Crippen MR) is 61.6 cm³/mol. The molecular formula is C13H21NO2. The molecule has 16 heavy (non-hydrogen) atoms. The third-order valence-corrected chi connectivity index (χ3v) is 4.60. The third-order valence-electron chi connectivity index (χ3n) is 4.60. The van der Waals surface area contributed by atoms with E-state index in [0.717, 1.165) is 19.3 Å². The Hall–Kier alpha value is -0.860. The van der Waals surface area contributed by atoms with E-state index in [0.29, 0.717) is 12.3 Å². The normalized spacial score (nSPS) is 39.1. The second-order valence-electron chi connectivity index (χ2n) is 5.46. The van der Waals surface area contributed by atoms with E-state index >= 15 is 0 Å². The maximum atomic E-state index is 12.0. The van der Waals surface area contributed by atoms with Gasteiger partial charge < -0.3 is 0 Å². The zero-order valence-corrected chi connectivity index (χ0v) is 10.2. The van der Waals surface area contributed by atoms with Crippen molar-refractivity contribution in [1.82, 2.24) is 5.32 Å². The lowest BCUT2D eigenvalue weighted by Gasteiger charge is -2.43. The fraction of sp³-hybridized carbons (Fsp3) is 0.846. The molecule has 90 valence electrons. The zero-order chi connectivity index (χ0) is 11.8. The summed E-state index contributed by atoms with van der Waals surface area (Å²) < 4.78 is 0. The Labute approximate surface area is 97.0 Å². The monoisotopic (exact) mass is 223 g/mol. The fourth-order valence-electron chi connectivity index (χ4n) is 3.71. The van der Waals surface area contributed by atoms with E-state index in [1.807, 2.05) is 0 Å². The molecule has 0 radical (unpaired) electrons. The first-order chi connectivity index (χ1) is 7.60. The van der Waals surface area contributed by atoms with Crippen molar-refractivity contribution >= 4 is 11.8 Å². The summed E-state index contributed by atoms with van der Waals surface area (Å²) in [5.41, 5.74) is -0.0184. The fourth-order valence-corrected chi connectivity index (χ4v) is 3.71. The molecule has 2 amide bonds. The summed E-state index contributed by atoms with van der Waals surface area (Å²) in [4.78, 5) is 23.6. The standard InChI is InChI=1S/C13H21NO2/c1-3-5-10-12(16)14-11(15)8-13(10)7-4-6-9(13)2/h9-10H,3-8H2,1-2H3,(H,14,15,16). The van der Waals surface area contributed by atoms with Crippen LogP contribution in [0.5, 0.6) is 0 Å². The van der Waals surface area contributed by atoms with E-state index in [1.54, 1.807) is 0 Å². The molecule has 0 aromatic rings. The summed E-state index contributed by atoms with van der Waals surface area (Å²) in [7, 11) is 0. The number of amides is 2. The number of hydrogen-bond acceptors (Lipinski definition) is 2. The van der Waals surface area contributed by atoms with E-state index in [-0.39, 0.29) is 23.1 Å². The number of hydrogen-bond donors (Lipinski definition) is 1. The summed E-state index contributed by atoms with van der Waals surface area (Å²) in [6, 6.07) is 0. The van der Waals surface area contributed by atoms with Gasteiger partial charge in [0.2, 0.25) is 11.8 Å². The van der Waals surface area contributed by atoms with Crippen LogP contribution in [0.2, 0.25) is 0 Å². The van der Waals surface area contributed by atoms with Crippen LogP contribution in [-0.2, 0) is 9.59 Å². The SMILES string of the molecule is CCCC1C(=O)NC(=O)CC12CCCC2C. The van der Waals surface area contributed by atoms with Gasteiger partial charge in [0.05, 0.1) is 0 Å². The molecule has 3 heteroatoms. The Morgan fingerprint density at radius 1 is 1.44 bits per heavy atom. The number of carbonyl (C=O) groups excluding carboxylic acids is 2. The molecule has 0 aromatic heterocycles. The van der Waals surface area contributed by atoms with Crippen LogP contribution in [0.15, 0.2) is 0 Å². The van der Waals surface area contributed by atoms with Gasteiger partial charge in [-0.2, -0.15) is 0 Å². The molecule has 1 aliphatic heterocycles. The molecule has 1 saturated carbocycles. The van der Waals surface area contributed by atoms with Gasteiger partial charge in [-0.05, 0) is 24.2 Å². The summed E-state index contributed by atoms with van der Waals surface area (Å²) in [6.45, 7) is 4.32. The van der Waals surface area contributed by atoms with Crippen molar-refractivity contribution in [3.8, 4) is 0 Å². The van der Waals surface area contributed by atoms with Crippen molar-refractivity contribution < 1.29 is 9.59 Å². The highest BCUT2D eigenvalue weighted by molar-refractivity contribution is 5.99. The van der Waals surface area contributed by atoms with E-state index < -0.39 is 0 Å². The van der Waals surface area contributed by atoms with Crippen molar-refractivity contribution in [1.29, 1.82) is 0 Å². The van der Waals surface area contributed by atoms with Crippen LogP contribution in [0, 0.1) is 17.3 Å². The lowest BCUT2D eigenvalue weighted by molar-refractivity contribution is -0.145. The molecule has 0 bridgehead atoms. The van der Waals surface area contributed by atoms with E-state index in [9.17, 15) is 9.59 Å². The van der Waals surface area contributed by atoms with Gasteiger partial charge in [0, 0.05) is 12.3 Å². The van der Waals surface area contributed by atoms with Crippen molar-refractivity contribution in [2.75, 3.05) is 0 Å². The molecule has 1 saturated heterocycles. The Kier molecular flexibility index (Phi) is 3.04. The van der Waals surface area contributed by atoms with Crippen molar-refractivity contribution in [3.63, 3.8) is 0 Å². The lowest BCUT2D eigenvalue weighted by atomic mass is 9.63. The van der Waals surface area contributed by atoms with Gasteiger partial charge in [-0.3, -0.25) is 14.9 Å². The zero-order valence-electron chi connectivity index (χ0n) is 10.2. The first kappa shape index (κ1) is 11.6.